The van der Waals surface area contributed by atoms with Crippen molar-refractivity contribution in [2.75, 3.05) is 36.0 Å². The molecule has 0 amide bonds. The molecule has 0 spiro atoms. The van der Waals surface area contributed by atoms with Crippen LogP contribution in [0, 0.1) is 23.0 Å². The third-order valence-electron chi connectivity index (χ3n) is 7.34. The monoisotopic (exact) mass is 533 g/mol. The predicted molar refractivity (Wildman–Crippen MR) is 145 cm³/mol. The van der Waals surface area contributed by atoms with Crippen molar-refractivity contribution in [1.82, 2.24) is 14.5 Å². The zero-order valence-electron chi connectivity index (χ0n) is 20.6. The number of nitriles is 1. The second-order valence-corrected chi connectivity index (χ2v) is 10.5. The number of rotatable bonds is 4. The summed E-state index contributed by atoms with van der Waals surface area (Å²) < 4.78 is 32.1. The number of alkyl halides is 1. The summed E-state index contributed by atoms with van der Waals surface area (Å²) >= 11 is 6.27. The number of aromatic nitrogens is 3. The molecule has 6 rings (SSSR count). The Morgan fingerprint density at radius 2 is 1.84 bits per heavy atom. The number of benzene rings is 2. The Balaban J connectivity index is 1.54. The zero-order chi connectivity index (χ0) is 26.4. The van der Waals surface area contributed by atoms with Crippen LogP contribution in [0.1, 0.15) is 24.8 Å². The third-order valence-corrected chi connectivity index (χ3v) is 7.70. The minimum absolute atomic E-state index is 0.0405. The fourth-order valence-corrected chi connectivity index (χ4v) is 5.70. The molecule has 7 nitrogen and oxygen atoms in total. The quantitative estimate of drug-likeness (QED) is 0.372. The van der Waals surface area contributed by atoms with Gasteiger partial charge in [0, 0.05) is 49.7 Å². The summed E-state index contributed by atoms with van der Waals surface area (Å²) in [5.74, 6) is -0.792. The van der Waals surface area contributed by atoms with Gasteiger partial charge in [-0.3, -0.25) is 4.57 Å². The van der Waals surface area contributed by atoms with E-state index in [1.165, 1.54) is 18.2 Å². The first-order valence-electron chi connectivity index (χ1n) is 12.7. The lowest BCUT2D eigenvalue weighted by Gasteiger charge is -2.32. The molecule has 2 aromatic heterocycles. The molecule has 2 fully saturated rings. The normalized spacial score (nSPS) is 19.8. The van der Waals surface area contributed by atoms with E-state index in [1.807, 2.05) is 18.2 Å². The van der Waals surface area contributed by atoms with Crippen molar-refractivity contribution in [2.24, 2.45) is 5.73 Å². The second kappa shape index (κ2) is 9.86. The van der Waals surface area contributed by atoms with E-state index in [4.69, 9.17) is 22.3 Å². The molecule has 2 aliphatic heterocycles. The molecule has 2 N–H and O–H groups in total. The van der Waals surface area contributed by atoms with Crippen LogP contribution in [0.15, 0.2) is 48.7 Å². The lowest BCUT2D eigenvalue weighted by molar-refractivity contribution is 0.507. The summed E-state index contributed by atoms with van der Waals surface area (Å²) in [5.41, 5.74) is 9.47. The predicted octanol–water partition coefficient (Wildman–Crippen LogP) is 4.98. The van der Waals surface area contributed by atoms with Gasteiger partial charge in [-0.1, -0.05) is 0 Å². The average molecular weight is 534 g/mol. The molecular formula is C28H26ClF2N7. The highest BCUT2D eigenvalue weighted by Crippen LogP contribution is 2.36. The van der Waals surface area contributed by atoms with Gasteiger partial charge in [0.25, 0.3) is 0 Å². The molecule has 10 heteroatoms. The van der Waals surface area contributed by atoms with Crippen LogP contribution in [0.5, 0.6) is 0 Å². The van der Waals surface area contributed by atoms with Crippen molar-refractivity contribution < 1.29 is 8.78 Å². The van der Waals surface area contributed by atoms with Gasteiger partial charge in [0.2, 0.25) is 0 Å². The average Bonchev–Trinajstić information content (AvgIpc) is 3.52. The summed E-state index contributed by atoms with van der Waals surface area (Å²) in [5, 5.41) is 9.24. The van der Waals surface area contributed by atoms with Crippen molar-refractivity contribution in [3.63, 3.8) is 0 Å². The van der Waals surface area contributed by atoms with Crippen molar-refractivity contribution in [3.8, 4) is 23.1 Å². The lowest BCUT2D eigenvalue weighted by Crippen LogP contribution is -2.42. The van der Waals surface area contributed by atoms with Gasteiger partial charge in [-0.25, -0.2) is 18.7 Å². The van der Waals surface area contributed by atoms with Crippen molar-refractivity contribution in [1.29, 1.82) is 5.26 Å². The second-order valence-electron chi connectivity index (χ2n) is 9.90. The number of fused-ring (bicyclic) bond motifs is 1. The van der Waals surface area contributed by atoms with Gasteiger partial charge in [-0.15, -0.1) is 11.6 Å². The summed E-state index contributed by atoms with van der Waals surface area (Å²) in [6, 6.07) is 13.1. The van der Waals surface area contributed by atoms with E-state index < -0.39 is 11.6 Å². The standard InChI is InChI=1S/C28H26ClF2N7/c29-19-8-11-36(15-19)21-5-6-24(23(31)13-21)38-27(17-3-4-18(14-32)22(30)12-17)35-26-25(7-9-34-28(26)38)37-10-1-2-20(33)16-37/h3-7,9,12-13,19-20H,1-2,8,10-11,15-16,33H2. The number of hydrogen-bond acceptors (Lipinski definition) is 6. The highest BCUT2D eigenvalue weighted by Gasteiger charge is 2.26. The SMILES string of the molecule is N#Cc1ccc(-c2nc3c(N4CCCC(N)C4)ccnc3n2-c2ccc(N3CCC(Cl)C3)cc2F)cc1F. The number of pyridine rings is 1. The molecule has 38 heavy (non-hydrogen) atoms. The Morgan fingerprint density at radius 1 is 0.974 bits per heavy atom. The van der Waals surface area contributed by atoms with Crippen molar-refractivity contribution >= 4 is 34.1 Å². The largest absolute Gasteiger partial charge is 0.370 e. The number of anilines is 2. The Hall–Kier alpha value is -3.74. The molecule has 0 saturated carbocycles. The van der Waals surface area contributed by atoms with Crippen LogP contribution in [0.2, 0.25) is 0 Å². The number of hydrogen-bond donors (Lipinski definition) is 1. The molecule has 4 heterocycles. The first-order valence-corrected chi connectivity index (χ1v) is 13.1. The van der Waals surface area contributed by atoms with E-state index in [0.717, 1.165) is 43.7 Å². The maximum absolute atomic E-state index is 15.8. The topological polar surface area (TPSA) is 87.0 Å². The smallest absolute Gasteiger partial charge is 0.167 e. The highest BCUT2D eigenvalue weighted by atomic mass is 35.5. The van der Waals surface area contributed by atoms with Crippen LogP contribution in [0.25, 0.3) is 28.2 Å². The van der Waals surface area contributed by atoms with Gasteiger partial charge in [0.05, 0.1) is 22.3 Å². The molecule has 0 bridgehead atoms. The summed E-state index contributed by atoms with van der Waals surface area (Å²) in [7, 11) is 0. The van der Waals surface area contributed by atoms with Crippen LogP contribution < -0.4 is 15.5 Å². The zero-order valence-corrected chi connectivity index (χ0v) is 21.4. The molecule has 4 aromatic rings. The molecule has 0 aliphatic carbocycles. The third kappa shape index (κ3) is 4.34. The maximum atomic E-state index is 15.8. The van der Waals surface area contributed by atoms with Crippen LogP contribution in [0.4, 0.5) is 20.2 Å². The van der Waals surface area contributed by atoms with E-state index in [9.17, 15) is 9.65 Å². The molecule has 2 unspecified atom stereocenters. The number of piperidine rings is 1. The number of nitrogens with two attached hydrogens (primary N) is 1. The van der Waals surface area contributed by atoms with Gasteiger partial charge < -0.3 is 15.5 Å². The van der Waals surface area contributed by atoms with E-state index >= 15 is 4.39 Å². The Bertz CT molecular complexity index is 1560. The Labute approximate surface area is 224 Å². The fourth-order valence-electron chi connectivity index (χ4n) is 5.44. The van der Waals surface area contributed by atoms with Gasteiger partial charge in [-0.2, -0.15) is 5.26 Å². The number of halogens is 3. The molecule has 2 aliphatic rings. The minimum atomic E-state index is -0.667. The maximum Gasteiger partial charge on any atom is 0.167 e. The van der Waals surface area contributed by atoms with E-state index in [2.05, 4.69) is 14.8 Å². The van der Waals surface area contributed by atoms with Gasteiger partial charge >= 0.3 is 0 Å². The highest BCUT2D eigenvalue weighted by molar-refractivity contribution is 6.21. The summed E-state index contributed by atoms with van der Waals surface area (Å²) in [6.45, 7) is 2.92. The first-order chi connectivity index (χ1) is 18.4. The van der Waals surface area contributed by atoms with E-state index in [1.54, 1.807) is 22.9 Å². The van der Waals surface area contributed by atoms with Crippen LogP contribution in [-0.2, 0) is 0 Å². The number of nitrogens with zero attached hydrogens (tertiary/aromatic N) is 6. The van der Waals surface area contributed by atoms with Crippen molar-refractivity contribution in [2.45, 2.75) is 30.7 Å². The lowest BCUT2D eigenvalue weighted by atomic mass is 10.1. The Morgan fingerprint density at radius 3 is 2.55 bits per heavy atom. The molecule has 0 radical (unpaired) electrons. The van der Waals surface area contributed by atoms with Crippen LogP contribution >= 0.6 is 11.6 Å². The van der Waals surface area contributed by atoms with Gasteiger partial charge in [-0.05, 0) is 61.7 Å². The molecular weight excluding hydrogens is 508 g/mol. The Kier molecular flexibility index (Phi) is 6.38. The summed E-state index contributed by atoms with van der Waals surface area (Å²) in [6.07, 6.45) is 4.43. The fraction of sp³-hybridized carbons (Fsp3) is 0.321. The number of imidazole rings is 1. The molecule has 2 atom stereocenters. The minimum Gasteiger partial charge on any atom is -0.370 e. The first kappa shape index (κ1) is 24.6. The van der Waals surface area contributed by atoms with E-state index in [0.29, 0.717) is 35.6 Å². The summed E-state index contributed by atoms with van der Waals surface area (Å²) in [4.78, 5) is 13.7. The van der Waals surface area contributed by atoms with Crippen LogP contribution in [0.3, 0.4) is 0 Å². The van der Waals surface area contributed by atoms with E-state index in [-0.39, 0.29) is 22.7 Å². The van der Waals surface area contributed by atoms with Crippen molar-refractivity contribution in [3.05, 3.63) is 65.9 Å². The molecule has 194 valence electrons. The van der Waals surface area contributed by atoms with Gasteiger partial charge in [0.15, 0.2) is 5.65 Å². The van der Waals surface area contributed by atoms with Gasteiger partial charge in [0.1, 0.15) is 29.0 Å². The molecule has 2 aromatic carbocycles. The molecule has 2 saturated heterocycles. The van der Waals surface area contributed by atoms with Crippen LogP contribution in [-0.4, -0.2) is 52.1 Å².